The van der Waals surface area contributed by atoms with Gasteiger partial charge in [-0.3, -0.25) is 9.69 Å². The summed E-state index contributed by atoms with van der Waals surface area (Å²) in [7, 11) is 0. The Labute approximate surface area is 112 Å². The molecule has 2 atom stereocenters. The number of hydrogen-bond acceptors (Lipinski definition) is 3. The standard InChI is InChI=1S/C13H17ClN2O2/c1-9-6-16(8-12(18-9)13(15)17)7-10-4-2-3-5-11(10)14/h2-5,9,12H,6-8H2,1H3,(H2,15,17)/t9-,12?/m1/s1. The van der Waals surface area contributed by atoms with Gasteiger partial charge < -0.3 is 10.5 Å². The Morgan fingerprint density at radius 2 is 2.22 bits per heavy atom. The van der Waals surface area contributed by atoms with Crippen molar-refractivity contribution in [2.24, 2.45) is 5.73 Å². The van der Waals surface area contributed by atoms with Crippen molar-refractivity contribution in [2.45, 2.75) is 25.7 Å². The highest BCUT2D eigenvalue weighted by Crippen LogP contribution is 2.19. The molecule has 0 aromatic heterocycles. The molecule has 1 saturated heterocycles. The molecule has 0 spiro atoms. The number of carbonyl (C=O) groups is 1. The number of nitrogens with two attached hydrogens (primary N) is 1. The topological polar surface area (TPSA) is 55.6 Å². The summed E-state index contributed by atoms with van der Waals surface area (Å²) in [5, 5.41) is 0.743. The third-order valence-corrected chi connectivity index (χ3v) is 3.37. The Bertz CT molecular complexity index is 439. The van der Waals surface area contributed by atoms with Gasteiger partial charge in [-0.25, -0.2) is 0 Å². The van der Waals surface area contributed by atoms with E-state index in [-0.39, 0.29) is 6.10 Å². The van der Waals surface area contributed by atoms with Crippen LogP contribution in [-0.4, -0.2) is 36.1 Å². The van der Waals surface area contributed by atoms with E-state index < -0.39 is 12.0 Å². The van der Waals surface area contributed by atoms with Crippen molar-refractivity contribution in [3.05, 3.63) is 34.9 Å². The number of halogens is 1. The van der Waals surface area contributed by atoms with Gasteiger partial charge in [0.15, 0.2) is 0 Å². The Hall–Kier alpha value is -1.10. The second-order valence-electron chi connectivity index (χ2n) is 4.62. The number of carbonyl (C=O) groups excluding carboxylic acids is 1. The Balaban J connectivity index is 2.05. The third-order valence-electron chi connectivity index (χ3n) is 3.01. The van der Waals surface area contributed by atoms with Crippen molar-refractivity contribution in [1.29, 1.82) is 0 Å². The first-order valence-corrected chi connectivity index (χ1v) is 6.34. The summed E-state index contributed by atoms with van der Waals surface area (Å²) >= 11 is 6.13. The van der Waals surface area contributed by atoms with Crippen molar-refractivity contribution in [3.8, 4) is 0 Å². The predicted octanol–water partition coefficient (Wildman–Crippen LogP) is 1.41. The van der Waals surface area contributed by atoms with Crippen molar-refractivity contribution in [2.75, 3.05) is 13.1 Å². The predicted molar refractivity (Wildman–Crippen MR) is 70.3 cm³/mol. The number of hydrogen-bond donors (Lipinski definition) is 1. The van der Waals surface area contributed by atoms with Crippen LogP contribution in [0.4, 0.5) is 0 Å². The zero-order valence-electron chi connectivity index (χ0n) is 10.3. The minimum Gasteiger partial charge on any atom is -0.367 e. The number of nitrogens with zero attached hydrogens (tertiary/aromatic N) is 1. The lowest BCUT2D eigenvalue weighted by atomic mass is 10.1. The molecule has 98 valence electrons. The molecule has 0 bridgehead atoms. The molecule has 0 saturated carbocycles. The zero-order valence-corrected chi connectivity index (χ0v) is 11.1. The minimum absolute atomic E-state index is 0.00117. The normalized spacial score (nSPS) is 25.0. The smallest absolute Gasteiger partial charge is 0.247 e. The number of benzene rings is 1. The van der Waals surface area contributed by atoms with Crippen molar-refractivity contribution in [1.82, 2.24) is 4.90 Å². The average Bonchev–Trinajstić information content (AvgIpc) is 2.31. The van der Waals surface area contributed by atoms with Crippen molar-refractivity contribution < 1.29 is 9.53 Å². The molecule has 1 aliphatic rings. The summed E-state index contributed by atoms with van der Waals surface area (Å²) in [6, 6.07) is 7.71. The monoisotopic (exact) mass is 268 g/mol. The average molecular weight is 269 g/mol. The van der Waals surface area contributed by atoms with Gasteiger partial charge in [-0.15, -0.1) is 0 Å². The van der Waals surface area contributed by atoms with Crippen LogP contribution in [0.25, 0.3) is 0 Å². The van der Waals surface area contributed by atoms with E-state index in [9.17, 15) is 4.79 Å². The number of ether oxygens (including phenoxy) is 1. The van der Waals surface area contributed by atoms with E-state index >= 15 is 0 Å². The maximum atomic E-state index is 11.2. The lowest BCUT2D eigenvalue weighted by Gasteiger charge is -2.35. The maximum Gasteiger partial charge on any atom is 0.247 e. The fourth-order valence-corrected chi connectivity index (χ4v) is 2.39. The van der Waals surface area contributed by atoms with Crippen molar-refractivity contribution >= 4 is 17.5 Å². The molecule has 1 unspecified atom stereocenters. The molecule has 1 heterocycles. The van der Waals surface area contributed by atoms with Crippen LogP contribution < -0.4 is 5.73 Å². The van der Waals surface area contributed by atoms with Crippen LogP contribution in [0.3, 0.4) is 0 Å². The summed E-state index contributed by atoms with van der Waals surface area (Å²) in [5.74, 6) is -0.411. The summed E-state index contributed by atoms with van der Waals surface area (Å²) in [4.78, 5) is 13.4. The SMILES string of the molecule is C[C@@H]1CN(Cc2ccccc2Cl)CC(C(N)=O)O1. The Morgan fingerprint density at radius 3 is 2.89 bits per heavy atom. The van der Waals surface area contributed by atoms with Gasteiger partial charge in [0, 0.05) is 24.7 Å². The summed E-state index contributed by atoms with van der Waals surface area (Å²) in [6.45, 7) is 3.94. The second-order valence-corrected chi connectivity index (χ2v) is 5.03. The molecule has 1 aliphatic heterocycles. The Kier molecular flexibility index (Phi) is 4.22. The van der Waals surface area contributed by atoms with E-state index in [2.05, 4.69) is 4.90 Å². The molecular formula is C13H17ClN2O2. The molecule has 5 heteroatoms. The molecule has 4 nitrogen and oxygen atoms in total. The lowest BCUT2D eigenvalue weighted by molar-refractivity contribution is -0.142. The van der Waals surface area contributed by atoms with Gasteiger partial charge in [0.25, 0.3) is 0 Å². The summed E-state index contributed by atoms with van der Waals surface area (Å²) in [5.41, 5.74) is 6.35. The largest absolute Gasteiger partial charge is 0.367 e. The molecule has 2 rings (SSSR count). The number of rotatable bonds is 3. The summed E-state index contributed by atoms with van der Waals surface area (Å²) < 4.78 is 5.50. The van der Waals surface area contributed by atoms with Gasteiger partial charge in [0.05, 0.1) is 6.10 Å². The first-order chi connectivity index (χ1) is 8.56. The van der Waals surface area contributed by atoms with Crippen LogP contribution in [0.1, 0.15) is 12.5 Å². The van der Waals surface area contributed by atoms with E-state index in [0.29, 0.717) is 13.1 Å². The third kappa shape index (κ3) is 3.22. The fraction of sp³-hybridized carbons (Fsp3) is 0.462. The molecule has 18 heavy (non-hydrogen) atoms. The molecule has 1 amide bonds. The van der Waals surface area contributed by atoms with Crippen LogP contribution in [0.15, 0.2) is 24.3 Å². The van der Waals surface area contributed by atoms with Crippen molar-refractivity contribution in [3.63, 3.8) is 0 Å². The molecule has 0 aliphatic carbocycles. The molecule has 1 aromatic carbocycles. The first-order valence-electron chi connectivity index (χ1n) is 5.97. The van der Waals surface area contributed by atoms with Crippen LogP contribution in [0.5, 0.6) is 0 Å². The van der Waals surface area contributed by atoms with Gasteiger partial charge in [-0.2, -0.15) is 0 Å². The quantitative estimate of drug-likeness (QED) is 0.902. The van der Waals surface area contributed by atoms with E-state index in [1.54, 1.807) is 0 Å². The number of amides is 1. The van der Waals surface area contributed by atoms with Crippen LogP contribution in [0, 0.1) is 0 Å². The molecule has 0 radical (unpaired) electrons. The van der Waals surface area contributed by atoms with E-state index in [1.165, 1.54) is 0 Å². The molecule has 1 aromatic rings. The number of morpholine rings is 1. The highest BCUT2D eigenvalue weighted by atomic mass is 35.5. The van der Waals surface area contributed by atoms with Crippen LogP contribution in [0.2, 0.25) is 5.02 Å². The van der Waals surface area contributed by atoms with Gasteiger partial charge in [0.2, 0.25) is 5.91 Å². The second kappa shape index (κ2) is 5.69. The van der Waals surface area contributed by atoms with Gasteiger partial charge in [0.1, 0.15) is 6.10 Å². The zero-order chi connectivity index (χ0) is 13.1. The molecule has 2 N–H and O–H groups in total. The van der Waals surface area contributed by atoms with Crippen LogP contribution in [-0.2, 0) is 16.1 Å². The highest BCUT2D eigenvalue weighted by molar-refractivity contribution is 6.31. The van der Waals surface area contributed by atoms with E-state index in [1.807, 2.05) is 31.2 Å². The first kappa shape index (κ1) is 13.3. The fourth-order valence-electron chi connectivity index (χ4n) is 2.19. The molecular weight excluding hydrogens is 252 g/mol. The van der Waals surface area contributed by atoms with E-state index in [0.717, 1.165) is 17.1 Å². The molecule has 1 fully saturated rings. The number of primary amides is 1. The van der Waals surface area contributed by atoms with Gasteiger partial charge in [-0.1, -0.05) is 29.8 Å². The maximum absolute atomic E-state index is 11.2. The van der Waals surface area contributed by atoms with Gasteiger partial charge >= 0.3 is 0 Å². The lowest BCUT2D eigenvalue weighted by Crippen LogP contribution is -2.51. The van der Waals surface area contributed by atoms with Crippen LogP contribution >= 0.6 is 11.6 Å². The Morgan fingerprint density at radius 1 is 1.50 bits per heavy atom. The van der Waals surface area contributed by atoms with E-state index in [4.69, 9.17) is 22.1 Å². The minimum atomic E-state index is -0.531. The summed E-state index contributed by atoms with van der Waals surface area (Å²) in [6.07, 6.45) is -0.532. The highest BCUT2D eigenvalue weighted by Gasteiger charge is 2.28. The van der Waals surface area contributed by atoms with Gasteiger partial charge in [-0.05, 0) is 18.6 Å².